The summed E-state index contributed by atoms with van der Waals surface area (Å²) in [6.07, 6.45) is 2.19. The fraction of sp³-hybridized carbons (Fsp3) is 0.500. The summed E-state index contributed by atoms with van der Waals surface area (Å²) < 4.78 is 5.12. The number of amides is 2. The molecule has 4 heteroatoms. The predicted octanol–water partition coefficient (Wildman–Crippen LogP) is 2.74. The third-order valence-corrected chi connectivity index (χ3v) is 3.26. The minimum absolute atomic E-state index is 0.119. The average Bonchev–Trinajstić information content (AvgIpc) is 2.78. The highest BCUT2D eigenvalue weighted by Crippen LogP contribution is 2.23. The number of nitrogens with zero attached hydrogens (tertiary/aromatic N) is 2. The lowest BCUT2D eigenvalue weighted by atomic mass is 10.3. The number of anilines is 1. The van der Waals surface area contributed by atoms with Gasteiger partial charge < -0.3 is 9.64 Å². The summed E-state index contributed by atoms with van der Waals surface area (Å²) in [5.41, 5.74) is 0.944. The number of ether oxygens (including phenoxy) is 1. The molecule has 0 radical (unpaired) electrons. The first-order chi connectivity index (χ1) is 8.76. The Bertz CT molecular complexity index is 403. The maximum absolute atomic E-state index is 12.2. The first-order valence-electron chi connectivity index (χ1n) is 6.46. The van der Waals surface area contributed by atoms with Gasteiger partial charge in [0.05, 0.1) is 7.11 Å². The highest BCUT2D eigenvalue weighted by Gasteiger charge is 2.28. The van der Waals surface area contributed by atoms with Crippen LogP contribution in [0.5, 0.6) is 5.75 Å². The molecule has 2 rings (SSSR count). The van der Waals surface area contributed by atoms with Crippen LogP contribution in [0, 0.1) is 0 Å². The lowest BCUT2D eigenvalue weighted by Gasteiger charge is -2.18. The molecule has 0 N–H and O–H groups in total. The van der Waals surface area contributed by atoms with E-state index in [4.69, 9.17) is 4.74 Å². The number of carbonyl (C=O) groups is 1. The molecule has 98 valence electrons. The average molecular weight is 248 g/mol. The van der Waals surface area contributed by atoms with Gasteiger partial charge in [-0.1, -0.05) is 13.3 Å². The molecule has 1 aliphatic heterocycles. The lowest BCUT2D eigenvalue weighted by Crippen LogP contribution is -2.32. The highest BCUT2D eigenvalue weighted by molar-refractivity contribution is 5.94. The number of rotatable bonds is 5. The van der Waals surface area contributed by atoms with E-state index < -0.39 is 0 Å². The molecule has 18 heavy (non-hydrogen) atoms. The van der Waals surface area contributed by atoms with Gasteiger partial charge in [-0.3, -0.25) is 4.90 Å². The second kappa shape index (κ2) is 5.76. The van der Waals surface area contributed by atoms with E-state index in [0.29, 0.717) is 0 Å². The molecule has 1 fully saturated rings. The molecular formula is C14H20N2O2. The van der Waals surface area contributed by atoms with Crippen LogP contribution in [-0.2, 0) is 0 Å². The van der Waals surface area contributed by atoms with Crippen LogP contribution >= 0.6 is 0 Å². The van der Waals surface area contributed by atoms with Gasteiger partial charge in [-0.2, -0.15) is 0 Å². The molecule has 1 aromatic carbocycles. The summed E-state index contributed by atoms with van der Waals surface area (Å²) in [7, 11) is 1.64. The predicted molar refractivity (Wildman–Crippen MR) is 72.2 cm³/mol. The Hall–Kier alpha value is -1.71. The Morgan fingerprint density at radius 2 is 1.94 bits per heavy atom. The zero-order chi connectivity index (χ0) is 13.0. The van der Waals surface area contributed by atoms with E-state index in [1.165, 1.54) is 0 Å². The van der Waals surface area contributed by atoms with Crippen molar-refractivity contribution in [2.24, 2.45) is 0 Å². The molecule has 0 saturated carbocycles. The van der Waals surface area contributed by atoms with Crippen LogP contribution < -0.4 is 9.64 Å². The van der Waals surface area contributed by atoms with Crippen molar-refractivity contribution in [1.29, 1.82) is 0 Å². The van der Waals surface area contributed by atoms with E-state index in [1.807, 2.05) is 34.1 Å². The summed E-state index contributed by atoms with van der Waals surface area (Å²) in [4.78, 5) is 15.9. The Kier molecular flexibility index (Phi) is 4.07. The minimum Gasteiger partial charge on any atom is -0.497 e. The lowest BCUT2D eigenvalue weighted by molar-refractivity contribution is 0.220. The zero-order valence-corrected chi connectivity index (χ0v) is 11.1. The largest absolute Gasteiger partial charge is 0.497 e. The van der Waals surface area contributed by atoms with Gasteiger partial charge in [-0.05, 0) is 30.7 Å². The first-order valence-corrected chi connectivity index (χ1v) is 6.46. The fourth-order valence-electron chi connectivity index (χ4n) is 2.14. The Morgan fingerprint density at radius 3 is 2.56 bits per heavy atom. The Morgan fingerprint density at radius 1 is 1.22 bits per heavy atom. The van der Waals surface area contributed by atoms with Crippen molar-refractivity contribution in [2.45, 2.75) is 19.8 Å². The van der Waals surface area contributed by atoms with Crippen molar-refractivity contribution in [3.05, 3.63) is 24.3 Å². The van der Waals surface area contributed by atoms with E-state index >= 15 is 0 Å². The molecule has 0 aliphatic carbocycles. The van der Waals surface area contributed by atoms with E-state index in [1.54, 1.807) is 7.11 Å². The monoisotopic (exact) mass is 248 g/mol. The molecule has 1 heterocycles. The zero-order valence-electron chi connectivity index (χ0n) is 11.1. The smallest absolute Gasteiger partial charge is 0.324 e. The van der Waals surface area contributed by atoms with Crippen LogP contribution in [-0.4, -0.2) is 37.7 Å². The number of methoxy groups -OCH3 is 1. The Balaban J connectivity index is 2.03. The van der Waals surface area contributed by atoms with E-state index in [0.717, 1.165) is 43.9 Å². The summed E-state index contributed by atoms with van der Waals surface area (Å²) in [6, 6.07) is 7.75. The molecule has 0 atom stereocenters. The number of benzene rings is 1. The molecule has 1 saturated heterocycles. The molecule has 4 nitrogen and oxygen atoms in total. The summed E-state index contributed by atoms with van der Waals surface area (Å²) in [6.45, 7) is 4.60. The van der Waals surface area contributed by atoms with Crippen LogP contribution in [0.2, 0.25) is 0 Å². The molecule has 1 aromatic rings. The van der Waals surface area contributed by atoms with Crippen LogP contribution in [0.25, 0.3) is 0 Å². The van der Waals surface area contributed by atoms with E-state index in [9.17, 15) is 4.79 Å². The second-order valence-electron chi connectivity index (χ2n) is 4.47. The maximum atomic E-state index is 12.2. The van der Waals surface area contributed by atoms with Crippen LogP contribution in [0.4, 0.5) is 10.5 Å². The van der Waals surface area contributed by atoms with Gasteiger partial charge in [0.25, 0.3) is 0 Å². The number of unbranched alkanes of at least 4 members (excludes halogenated alkanes) is 1. The second-order valence-corrected chi connectivity index (χ2v) is 4.47. The van der Waals surface area contributed by atoms with Crippen molar-refractivity contribution in [2.75, 3.05) is 31.6 Å². The number of urea groups is 1. The summed E-state index contributed by atoms with van der Waals surface area (Å²) in [5, 5.41) is 0. The van der Waals surface area contributed by atoms with Crippen molar-refractivity contribution in [3.8, 4) is 5.75 Å². The van der Waals surface area contributed by atoms with Gasteiger partial charge >= 0.3 is 6.03 Å². The van der Waals surface area contributed by atoms with Gasteiger partial charge in [0.1, 0.15) is 5.75 Å². The van der Waals surface area contributed by atoms with Gasteiger partial charge in [-0.25, -0.2) is 4.79 Å². The van der Waals surface area contributed by atoms with Crippen LogP contribution in [0.1, 0.15) is 19.8 Å². The summed E-state index contributed by atoms with van der Waals surface area (Å²) in [5.74, 6) is 0.813. The standard InChI is InChI=1S/C14H20N2O2/c1-3-4-9-15-10-11-16(14(15)17)12-5-7-13(18-2)8-6-12/h5-8H,3-4,9-11H2,1-2H3. The fourth-order valence-corrected chi connectivity index (χ4v) is 2.14. The summed E-state index contributed by atoms with van der Waals surface area (Å²) >= 11 is 0. The van der Waals surface area contributed by atoms with Crippen LogP contribution in [0.3, 0.4) is 0 Å². The molecule has 0 unspecified atom stereocenters. The molecule has 0 bridgehead atoms. The van der Waals surface area contributed by atoms with E-state index in [2.05, 4.69) is 6.92 Å². The topological polar surface area (TPSA) is 32.8 Å². The Labute approximate surface area is 108 Å². The number of hydrogen-bond acceptors (Lipinski definition) is 2. The number of carbonyl (C=O) groups excluding carboxylic acids is 1. The van der Waals surface area contributed by atoms with Crippen molar-refractivity contribution in [3.63, 3.8) is 0 Å². The quantitative estimate of drug-likeness (QED) is 0.802. The minimum atomic E-state index is 0.119. The van der Waals surface area contributed by atoms with Crippen molar-refractivity contribution in [1.82, 2.24) is 4.90 Å². The van der Waals surface area contributed by atoms with Gasteiger partial charge in [0.2, 0.25) is 0 Å². The van der Waals surface area contributed by atoms with E-state index in [-0.39, 0.29) is 6.03 Å². The van der Waals surface area contributed by atoms with Crippen molar-refractivity contribution < 1.29 is 9.53 Å². The molecule has 2 amide bonds. The van der Waals surface area contributed by atoms with Crippen molar-refractivity contribution >= 4 is 11.7 Å². The van der Waals surface area contributed by atoms with Gasteiger partial charge in [0, 0.05) is 25.3 Å². The number of hydrogen-bond donors (Lipinski definition) is 0. The third kappa shape index (κ3) is 2.58. The molecule has 0 spiro atoms. The van der Waals surface area contributed by atoms with Gasteiger partial charge in [0.15, 0.2) is 0 Å². The molecule has 0 aromatic heterocycles. The first kappa shape index (κ1) is 12.7. The van der Waals surface area contributed by atoms with Crippen LogP contribution in [0.15, 0.2) is 24.3 Å². The third-order valence-electron chi connectivity index (χ3n) is 3.26. The SMILES string of the molecule is CCCCN1CCN(c2ccc(OC)cc2)C1=O. The normalized spacial score (nSPS) is 15.3. The maximum Gasteiger partial charge on any atom is 0.324 e. The van der Waals surface area contributed by atoms with Gasteiger partial charge in [-0.15, -0.1) is 0 Å². The molecular weight excluding hydrogens is 228 g/mol. The molecule has 1 aliphatic rings. The highest BCUT2D eigenvalue weighted by atomic mass is 16.5.